The van der Waals surface area contributed by atoms with Gasteiger partial charge in [-0.15, -0.1) is 34.2 Å². The Morgan fingerprint density at radius 3 is 2.78 bits per heavy atom. The van der Waals surface area contributed by atoms with E-state index in [2.05, 4.69) is 41.3 Å². The summed E-state index contributed by atoms with van der Waals surface area (Å²) < 4.78 is 2.04. The largest absolute Gasteiger partial charge is 0.357 e. The van der Waals surface area contributed by atoms with Gasteiger partial charge in [0.05, 0.1) is 0 Å². The molecule has 2 aromatic rings. The Balaban J connectivity index is 0.00000261. The number of aromatic nitrogens is 3. The molecule has 0 aromatic carbocycles. The molecule has 0 radical (unpaired) electrons. The van der Waals surface area contributed by atoms with Gasteiger partial charge in [0.15, 0.2) is 11.6 Å². The maximum Gasteiger partial charge on any atom is 0.193 e. The molecule has 0 spiro atoms. The molecule has 7 heteroatoms. The molecule has 27 heavy (non-hydrogen) atoms. The van der Waals surface area contributed by atoms with Crippen molar-refractivity contribution in [2.45, 2.75) is 46.0 Å². The average Bonchev–Trinajstić information content (AvgIpc) is 3.06. The lowest BCUT2D eigenvalue weighted by atomic mass is 9.83. The van der Waals surface area contributed by atoms with Crippen LogP contribution >= 0.6 is 24.0 Å². The topological polar surface area (TPSA) is 57.8 Å². The molecule has 3 rings (SSSR count). The molecule has 150 valence electrons. The third-order valence-corrected chi connectivity index (χ3v) is 5.35. The number of fused-ring (bicyclic) bond motifs is 1. The Hall–Kier alpha value is -1.38. The molecule has 1 N–H and O–H groups in total. The smallest absolute Gasteiger partial charge is 0.193 e. The number of nitrogens with zero attached hydrogens (tertiary/aromatic N) is 5. The number of guanidine groups is 1. The van der Waals surface area contributed by atoms with Crippen molar-refractivity contribution < 1.29 is 0 Å². The number of hydrogen-bond acceptors (Lipinski definition) is 3. The van der Waals surface area contributed by atoms with Crippen LogP contribution in [0.15, 0.2) is 29.4 Å². The standard InChI is InChI=1S/C20H32N6.HI/c1-4-21-20(25(3)15-17-10-8-16(2)9-11-17)22-13-12-19-24-23-18-7-5-6-14-26(18)19;/h5-7,14,16-17H,4,8-13,15H2,1-3H3,(H,21,22);1H. The quantitative estimate of drug-likeness (QED) is 0.387. The number of hydrogen-bond donors (Lipinski definition) is 1. The molecule has 1 fully saturated rings. The first kappa shape index (κ1) is 21.9. The minimum absolute atomic E-state index is 0. The SMILES string of the molecule is CCNC(=NCCc1nnc2ccccn12)N(C)CC1CCC(C)CC1.I. The lowest BCUT2D eigenvalue weighted by molar-refractivity contribution is 0.250. The van der Waals surface area contributed by atoms with Crippen LogP contribution in [0.25, 0.3) is 5.65 Å². The summed E-state index contributed by atoms with van der Waals surface area (Å²) in [6.07, 6.45) is 8.22. The second kappa shape index (κ2) is 10.8. The first-order valence-corrected chi connectivity index (χ1v) is 9.95. The number of pyridine rings is 1. The highest BCUT2D eigenvalue weighted by atomic mass is 127. The summed E-state index contributed by atoms with van der Waals surface area (Å²) in [5, 5.41) is 11.9. The predicted octanol–water partition coefficient (Wildman–Crippen LogP) is 3.61. The minimum atomic E-state index is 0. The third kappa shape index (κ3) is 6.05. The van der Waals surface area contributed by atoms with Gasteiger partial charge in [-0.25, -0.2) is 0 Å². The molecule has 0 unspecified atom stereocenters. The van der Waals surface area contributed by atoms with Crippen LogP contribution < -0.4 is 5.32 Å². The molecule has 0 saturated heterocycles. The zero-order valence-corrected chi connectivity index (χ0v) is 19.1. The van der Waals surface area contributed by atoms with Gasteiger partial charge in [0, 0.05) is 39.3 Å². The van der Waals surface area contributed by atoms with E-state index in [0.717, 1.165) is 48.8 Å². The van der Waals surface area contributed by atoms with Gasteiger partial charge in [0.25, 0.3) is 0 Å². The van der Waals surface area contributed by atoms with Crippen LogP contribution in [-0.4, -0.2) is 52.1 Å². The molecule has 0 bridgehead atoms. The summed E-state index contributed by atoms with van der Waals surface area (Å²) in [5.41, 5.74) is 0.891. The van der Waals surface area contributed by atoms with Crippen molar-refractivity contribution in [2.75, 3.05) is 26.7 Å². The zero-order chi connectivity index (χ0) is 18.4. The van der Waals surface area contributed by atoms with Gasteiger partial charge in [0.2, 0.25) is 0 Å². The third-order valence-electron chi connectivity index (χ3n) is 5.35. The van der Waals surface area contributed by atoms with Gasteiger partial charge in [-0.05, 0) is 43.7 Å². The van der Waals surface area contributed by atoms with E-state index < -0.39 is 0 Å². The number of nitrogens with one attached hydrogen (secondary N) is 1. The van der Waals surface area contributed by atoms with Crippen LogP contribution in [0.1, 0.15) is 45.4 Å². The van der Waals surface area contributed by atoms with E-state index >= 15 is 0 Å². The van der Waals surface area contributed by atoms with Crippen molar-refractivity contribution in [3.05, 3.63) is 30.2 Å². The van der Waals surface area contributed by atoms with Gasteiger partial charge in [-0.3, -0.25) is 9.39 Å². The Bertz CT molecular complexity index is 720. The fourth-order valence-corrected chi connectivity index (χ4v) is 3.78. The highest BCUT2D eigenvalue weighted by Gasteiger charge is 2.20. The summed E-state index contributed by atoms with van der Waals surface area (Å²) in [6, 6.07) is 5.96. The van der Waals surface area contributed by atoms with E-state index in [9.17, 15) is 0 Å². The molecule has 0 amide bonds. The summed E-state index contributed by atoms with van der Waals surface area (Å²) in [5.74, 6) is 3.65. The van der Waals surface area contributed by atoms with Crippen LogP contribution in [0.3, 0.4) is 0 Å². The molecule has 0 aliphatic heterocycles. The summed E-state index contributed by atoms with van der Waals surface area (Å²) in [7, 11) is 2.16. The van der Waals surface area contributed by atoms with E-state index in [1.54, 1.807) is 0 Å². The van der Waals surface area contributed by atoms with Crippen molar-refractivity contribution in [2.24, 2.45) is 16.8 Å². The molecular formula is C20H33IN6. The highest BCUT2D eigenvalue weighted by molar-refractivity contribution is 14.0. The molecule has 6 nitrogen and oxygen atoms in total. The van der Waals surface area contributed by atoms with Crippen LogP contribution in [0, 0.1) is 11.8 Å². The van der Waals surface area contributed by atoms with Gasteiger partial charge >= 0.3 is 0 Å². The van der Waals surface area contributed by atoms with Crippen molar-refractivity contribution in [1.82, 2.24) is 24.8 Å². The van der Waals surface area contributed by atoms with Crippen molar-refractivity contribution in [1.29, 1.82) is 0 Å². The van der Waals surface area contributed by atoms with E-state index in [-0.39, 0.29) is 24.0 Å². The van der Waals surface area contributed by atoms with Gasteiger partial charge in [-0.2, -0.15) is 0 Å². The minimum Gasteiger partial charge on any atom is -0.357 e. The van der Waals surface area contributed by atoms with Crippen LogP contribution in [0.5, 0.6) is 0 Å². The first-order chi connectivity index (χ1) is 12.7. The fraction of sp³-hybridized carbons (Fsp3) is 0.650. The van der Waals surface area contributed by atoms with E-state index in [0.29, 0.717) is 6.54 Å². The maximum atomic E-state index is 4.83. The van der Waals surface area contributed by atoms with Crippen LogP contribution in [-0.2, 0) is 6.42 Å². The normalized spacial score (nSPS) is 20.3. The Morgan fingerprint density at radius 1 is 1.26 bits per heavy atom. The lowest BCUT2D eigenvalue weighted by Crippen LogP contribution is -2.42. The maximum absolute atomic E-state index is 4.83. The van der Waals surface area contributed by atoms with Crippen molar-refractivity contribution >= 4 is 35.6 Å². The van der Waals surface area contributed by atoms with E-state index in [4.69, 9.17) is 4.99 Å². The Labute approximate surface area is 179 Å². The second-order valence-corrected chi connectivity index (χ2v) is 7.54. The second-order valence-electron chi connectivity index (χ2n) is 7.54. The summed E-state index contributed by atoms with van der Waals surface area (Å²) in [6.45, 7) is 7.19. The van der Waals surface area contributed by atoms with Gasteiger partial charge in [0.1, 0.15) is 5.82 Å². The molecule has 1 aliphatic rings. The summed E-state index contributed by atoms with van der Waals surface area (Å²) >= 11 is 0. The molecular weight excluding hydrogens is 451 g/mol. The fourth-order valence-electron chi connectivity index (χ4n) is 3.78. The van der Waals surface area contributed by atoms with Crippen LogP contribution in [0.4, 0.5) is 0 Å². The summed E-state index contributed by atoms with van der Waals surface area (Å²) in [4.78, 5) is 7.12. The molecule has 0 atom stereocenters. The highest BCUT2D eigenvalue weighted by Crippen LogP contribution is 2.28. The van der Waals surface area contributed by atoms with E-state index in [1.165, 1.54) is 25.7 Å². The van der Waals surface area contributed by atoms with Crippen molar-refractivity contribution in [3.8, 4) is 0 Å². The van der Waals surface area contributed by atoms with Crippen LogP contribution in [0.2, 0.25) is 0 Å². The lowest BCUT2D eigenvalue weighted by Gasteiger charge is -2.31. The Morgan fingerprint density at radius 2 is 2.04 bits per heavy atom. The monoisotopic (exact) mass is 484 g/mol. The predicted molar refractivity (Wildman–Crippen MR) is 122 cm³/mol. The van der Waals surface area contributed by atoms with Gasteiger partial charge in [-0.1, -0.05) is 25.8 Å². The Kier molecular flexibility index (Phi) is 8.79. The van der Waals surface area contributed by atoms with Crippen molar-refractivity contribution in [3.63, 3.8) is 0 Å². The molecule has 2 aromatic heterocycles. The first-order valence-electron chi connectivity index (χ1n) is 9.95. The zero-order valence-electron chi connectivity index (χ0n) is 16.8. The number of rotatable bonds is 6. The average molecular weight is 484 g/mol. The number of halogens is 1. The molecule has 2 heterocycles. The molecule has 1 saturated carbocycles. The van der Waals surface area contributed by atoms with E-state index in [1.807, 2.05) is 28.8 Å². The van der Waals surface area contributed by atoms with Gasteiger partial charge < -0.3 is 10.2 Å². The number of aliphatic imine (C=N–C) groups is 1. The molecule has 1 aliphatic carbocycles.